The molecule has 4 heteroatoms. The monoisotopic (exact) mass is 290 g/mol. The largest absolute Gasteiger partial charge is 0.365 e. The van der Waals surface area contributed by atoms with Gasteiger partial charge in [-0.2, -0.15) is 8.78 Å². The fraction of sp³-hybridized carbons (Fsp3) is 0.294. The molecule has 112 valence electrons. The fourth-order valence-electron chi connectivity index (χ4n) is 2.23. The van der Waals surface area contributed by atoms with Crippen molar-refractivity contribution in [3.05, 3.63) is 66.2 Å². The highest BCUT2D eigenvalue weighted by Crippen LogP contribution is 2.30. The average molecular weight is 290 g/mol. The highest BCUT2D eigenvalue weighted by molar-refractivity contribution is 5.46. The number of hydrogen-bond donors (Lipinski definition) is 1. The second kappa shape index (κ2) is 7.18. The Balaban J connectivity index is 2.18. The van der Waals surface area contributed by atoms with Crippen LogP contribution in [0.3, 0.4) is 0 Å². The Kier molecular flexibility index (Phi) is 5.28. The van der Waals surface area contributed by atoms with Crippen molar-refractivity contribution in [2.24, 2.45) is 5.73 Å². The lowest BCUT2D eigenvalue weighted by Crippen LogP contribution is -2.36. The van der Waals surface area contributed by atoms with Crippen LogP contribution in [0.4, 0.5) is 14.5 Å². The standard InChI is InChI=1S/C17H20F2N2/c18-17(19,15-8-3-1-4-9-15)14-21(13-7-12-20)16-10-5-2-6-11-16/h1-6,8-11H,7,12-14,20H2. The van der Waals surface area contributed by atoms with Crippen molar-refractivity contribution in [2.45, 2.75) is 12.3 Å². The minimum atomic E-state index is -2.90. The van der Waals surface area contributed by atoms with Crippen LogP contribution in [0, 0.1) is 0 Å². The topological polar surface area (TPSA) is 29.3 Å². The molecule has 2 aromatic rings. The lowest BCUT2D eigenvalue weighted by molar-refractivity contribution is 0.00390. The molecule has 0 atom stereocenters. The summed E-state index contributed by atoms with van der Waals surface area (Å²) >= 11 is 0. The third-order valence-corrected chi connectivity index (χ3v) is 3.34. The Hall–Kier alpha value is -1.94. The van der Waals surface area contributed by atoms with Crippen molar-refractivity contribution in [1.29, 1.82) is 0 Å². The Morgan fingerprint density at radius 2 is 1.48 bits per heavy atom. The van der Waals surface area contributed by atoms with Crippen LogP contribution in [-0.2, 0) is 5.92 Å². The van der Waals surface area contributed by atoms with E-state index in [0.717, 1.165) is 5.69 Å². The molecule has 21 heavy (non-hydrogen) atoms. The quantitative estimate of drug-likeness (QED) is 0.843. The van der Waals surface area contributed by atoms with Crippen LogP contribution in [0.25, 0.3) is 0 Å². The molecule has 0 aromatic heterocycles. The summed E-state index contributed by atoms with van der Waals surface area (Å²) in [6.45, 7) is 0.657. The van der Waals surface area contributed by atoms with Crippen molar-refractivity contribution in [3.63, 3.8) is 0 Å². The molecule has 0 fully saturated rings. The summed E-state index contributed by atoms with van der Waals surface area (Å²) in [6, 6.07) is 17.2. The molecule has 0 saturated carbocycles. The SMILES string of the molecule is NCCCN(CC(F)(F)c1ccccc1)c1ccccc1. The highest BCUT2D eigenvalue weighted by Gasteiger charge is 2.33. The first-order valence-electron chi connectivity index (χ1n) is 7.07. The van der Waals surface area contributed by atoms with Gasteiger partial charge in [0.25, 0.3) is 5.92 Å². The van der Waals surface area contributed by atoms with E-state index in [4.69, 9.17) is 5.73 Å². The number of para-hydroxylation sites is 1. The van der Waals surface area contributed by atoms with Crippen molar-refractivity contribution in [1.82, 2.24) is 0 Å². The summed E-state index contributed by atoms with van der Waals surface area (Å²) < 4.78 is 28.9. The number of rotatable bonds is 7. The predicted octanol–water partition coefficient (Wildman–Crippen LogP) is 3.63. The Labute approximate surface area is 124 Å². The molecule has 2 rings (SSSR count). The van der Waals surface area contributed by atoms with Gasteiger partial charge < -0.3 is 10.6 Å². The van der Waals surface area contributed by atoms with Crippen LogP contribution in [0.2, 0.25) is 0 Å². The maximum atomic E-state index is 14.4. The lowest BCUT2D eigenvalue weighted by atomic mass is 10.1. The van der Waals surface area contributed by atoms with Gasteiger partial charge in [-0.15, -0.1) is 0 Å². The minimum Gasteiger partial charge on any atom is -0.365 e. The van der Waals surface area contributed by atoms with Crippen molar-refractivity contribution >= 4 is 5.69 Å². The van der Waals surface area contributed by atoms with E-state index < -0.39 is 5.92 Å². The Bertz CT molecular complexity index is 529. The number of anilines is 1. The highest BCUT2D eigenvalue weighted by atomic mass is 19.3. The predicted molar refractivity (Wildman–Crippen MR) is 82.7 cm³/mol. The van der Waals surface area contributed by atoms with E-state index in [1.165, 1.54) is 12.1 Å². The lowest BCUT2D eigenvalue weighted by Gasteiger charge is -2.29. The molecule has 2 N–H and O–H groups in total. The van der Waals surface area contributed by atoms with Gasteiger partial charge in [-0.3, -0.25) is 0 Å². The fourth-order valence-corrected chi connectivity index (χ4v) is 2.23. The van der Waals surface area contributed by atoms with Gasteiger partial charge in [0.05, 0.1) is 6.54 Å². The molecule has 0 saturated heterocycles. The first kappa shape index (κ1) is 15.4. The first-order valence-corrected chi connectivity index (χ1v) is 7.07. The van der Waals surface area contributed by atoms with Crippen LogP contribution in [0.5, 0.6) is 0 Å². The summed E-state index contributed by atoms with van der Waals surface area (Å²) in [5, 5.41) is 0. The molecular weight excluding hydrogens is 270 g/mol. The van der Waals surface area contributed by atoms with E-state index in [0.29, 0.717) is 19.5 Å². The third kappa shape index (κ3) is 4.26. The summed E-state index contributed by atoms with van der Waals surface area (Å²) in [5.41, 5.74) is 6.35. The summed E-state index contributed by atoms with van der Waals surface area (Å²) in [6.07, 6.45) is 0.680. The van der Waals surface area contributed by atoms with E-state index in [1.54, 1.807) is 23.1 Å². The van der Waals surface area contributed by atoms with Gasteiger partial charge in [0.1, 0.15) is 0 Å². The summed E-state index contributed by atoms with van der Waals surface area (Å²) in [5.74, 6) is -2.90. The van der Waals surface area contributed by atoms with Crippen LogP contribution < -0.4 is 10.6 Å². The van der Waals surface area contributed by atoms with Gasteiger partial charge in [-0.05, 0) is 25.1 Å². The van der Waals surface area contributed by atoms with Gasteiger partial charge in [-0.25, -0.2) is 0 Å². The van der Waals surface area contributed by atoms with E-state index in [1.807, 2.05) is 30.3 Å². The molecule has 0 aliphatic heterocycles. The summed E-state index contributed by atoms with van der Waals surface area (Å²) in [4.78, 5) is 1.69. The molecular formula is C17H20F2N2. The maximum absolute atomic E-state index is 14.4. The van der Waals surface area contributed by atoms with Crippen LogP contribution in [0.15, 0.2) is 60.7 Å². The zero-order valence-electron chi connectivity index (χ0n) is 11.9. The van der Waals surface area contributed by atoms with Gasteiger partial charge in [-0.1, -0.05) is 48.5 Å². The second-order valence-electron chi connectivity index (χ2n) is 4.97. The molecule has 2 nitrogen and oxygen atoms in total. The molecule has 0 spiro atoms. The molecule has 0 aliphatic rings. The number of nitrogens with zero attached hydrogens (tertiary/aromatic N) is 1. The average Bonchev–Trinajstić information content (AvgIpc) is 2.53. The first-order chi connectivity index (χ1) is 10.1. The van der Waals surface area contributed by atoms with Crippen LogP contribution in [0.1, 0.15) is 12.0 Å². The number of nitrogens with two attached hydrogens (primary N) is 1. The van der Waals surface area contributed by atoms with Gasteiger partial charge in [0, 0.05) is 17.8 Å². The summed E-state index contributed by atoms with van der Waals surface area (Å²) in [7, 11) is 0. The third-order valence-electron chi connectivity index (χ3n) is 3.34. The van der Waals surface area contributed by atoms with Crippen molar-refractivity contribution in [3.8, 4) is 0 Å². The Morgan fingerprint density at radius 3 is 2.05 bits per heavy atom. The van der Waals surface area contributed by atoms with E-state index in [9.17, 15) is 8.78 Å². The molecule has 0 aliphatic carbocycles. The van der Waals surface area contributed by atoms with E-state index in [-0.39, 0.29) is 12.1 Å². The van der Waals surface area contributed by atoms with Crippen molar-refractivity contribution in [2.75, 3.05) is 24.5 Å². The molecule has 0 bridgehead atoms. The normalized spacial score (nSPS) is 11.4. The Morgan fingerprint density at radius 1 is 0.905 bits per heavy atom. The molecule has 0 heterocycles. The zero-order valence-corrected chi connectivity index (χ0v) is 11.9. The number of hydrogen-bond acceptors (Lipinski definition) is 2. The number of benzene rings is 2. The van der Waals surface area contributed by atoms with Gasteiger partial charge in [0.2, 0.25) is 0 Å². The van der Waals surface area contributed by atoms with Crippen LogP contribution in [-0.4, -0.2) is 19.6 Å². The second-order valence-corrected chi connectivity index (χ2v) is 4.97. The molecule has 0 amide bonds. The maximum Gasteiger partial charge on any atom is 0.290 e. The molecule has 2 aromatic carbocycles. The molecule has 0 radical (unpaired) electrons. The van der Waals surface area contributed by atoms with Gasteiger partial charge in [0.15, 0.2) is 0 Å². The number of halogens is 2. The van der Waals surface area contributed by atoms with Gasteiger partial charge >= 0.3 is 0 Å². The molecule has 0 unspecified atom stereocenters. The number of alkyl halides is 2. The zero-order chi connectivity index (χ0) is 15.1. The van der Waals surface area contributed by atoms with Crippen molar-refractivity contribution < 1.29 is 8.78 Å². The minimum absolute atomic E-state index is 0.0404. The van der Waals surface area contributed by atoms with Crippen LogP contribution >= 0.6 is 0 Å². The van der Waals surface area contributed by atoms with E-state index in [2.05, 4.69) is 0 Å². The smallest absolute Gasteiger partial charge is 0.290 e. The van der Waals surface area contributed by atoms with E-state index >= 15 is 0 Å².